The van der Waals surface area contributed by atoms with Crippen molar-refractivity contribution in [2.75, 3.05) is 7.11 Å². The minimum Gasteiger partial charge on any atom is -0.507 e. The molecule has 2 aromatic carbocycles. The van der Waals surface area contributed by atoms with Crippen LogP contribution in [-0.4, -0.2) is 12.2 Å². The van der Waals surface area contributed by atoms with Gasteiger partial charge in [-0.05, 0) is 45.9 Å². The molecule has 184 valence electrons. The third-order valence-electron chi connectivity index (χ3n) is 5.82. The van der Waals surface area contributed by atoms with Crippen molar-refractivity contribution in [3.05, 3.63) is 46.5 Å². The van der Waals surface area contributed by atoms with Gasteiger partial charge < -0.3 is 9.84 Å². The van der Waals surface area contributed by atoms with Crippen LogP contribution in [-0.2, 0) is 21.7 Å². The van der Waals surface area contributed by atoms with Crippen LogP contribution in [0.1, 0.15) is 105 Å². The lowest BCUT2D eigenvalue weighted by molar-refractivity contribution is 0.380. The van der Waals surface area contributed by atoms with Gasteiger partial charge in [-0.2, -0.15) is 0 Å². The van der Waals surface area contributed by atoms with E-state index in [1.54, 1.807) is 28.7 Å². The van der Waals surface area contributed by atoms with Crippen molar-refractivity contribution in [3.63, 3.8) is 0 Å². The number of phenols is 1. The van der Waals surface area contributed by atoms with Crippen LogP contribution >= 0.6 is 21.6 Å². The summed E-state index contributed by atoms with van der Waals surface area (Å²) in [4.78, 5) is 2.39. The Labute approximate surface area is 210 Å². The Morgan fingerprint density at radius 3 is 1.06 bits per heavy atom. The second-order valence-corrected chi connectivity index (χ2v) is 15.4. The van der Waals surface area contributed by atoms with Crippen LogP contribution in [0, 0.1) is 0 Å². The Balaban J connectivity index is 2.58. The summed E-state index contributed by atoms with van der Waals surface area (Å²) in [5, 5.41) is 11.0. The van der Waals surface area contributed by atoms with Crippen molar-refractivity contribution in [3.8, 4) is 11.5 Å². The third kappa shape index (κ3) is 6.66. The Morgan fingerprint density at radius 1 is 0.545 bits per heavy atom. The van der Waals surface area contributed by atoms with Gasteiger partial charge in [0.05, 0.1) is 7.11 Å². The minimum atomic E-state index is -0.135. The van der Waals surface area contributed by atoms with E-state index in [-0.39, 0.29) is 21.7 Å². The quantitative estimate of drug-likeness (QED) is 0.434. The van der Waals surface area contributed by atoms with E-state index in [9.17, 15) is 5.11 Å². The van der Waals surface area contributed by atoms with E-state index in [1.165, 1.54) is 16.0 Å². The second kappa shape index (κ2) is 9.41. The first-order chi connectivity index (χ1) is 14.8. The highest BCUT2D eigenvalue weighted by atomic mass is 33.1. The van der Waals surface area contributed by atoms with E-state index in [4.69, 9.17) is 4.74 Å². The molecule has 4 heteroatoms. The van der Waals surface area contributed by atoms with E-state index in [0.29, 0.717) is 5.75 Å². The van der Waals surface area contributed by atoms with Crippen LogP contribution < -0.4 is 4.74 Å². The number of aromatic hydroxyl groups is 1. The molecule has 0 atom stereocenters. The van der Waals surface area contributed by atoms with Gasteiger partial charge in [-0.1, -0.05) is 105 Å². The first-order valence-corrected chi connectivity index (χ1v) is 13.9. The topological polar surface area (TPSA) is 29.5 Å². The molecule has 2 aromatic rings. The van der Waals surface area contributed by atoms with Gasteiger partial charge in [0.15, 0.2) is 0 Å². The first-order valence-electron chi connectivity index (χ1n) is 11.7. The van der Waals surface area contributed by atoms with Gasteiger partial charge in [-0.3, -0.25) is 0 Å². The van der Waals surface area contributed by atoms with Crippen molar-refractivity contribution >= 4 is 21.6 Å². The number of methoxy groups -OCH3 is 1. The molecule has 1 N–H and O–H groups in total. The number of benzene rings is 2. The highest BCUT2D eigenvalue weighted by Gasteiger charge is 2.29. The molecular formula is C29H44O2S2. The second-order valence-electron chi connectivity index (χ2n) is 13.1. The van der Waals surface area contributed by atoms with Crippen LogP contribution in [0.15, 0.2) is 34.1 Å². The van der Waals surface area contributed by atoms with Gasteiger partial charge in [-0.15, -0.1) is 0 Å². The largest absolute Gasteiger partial charge is 0.507 e. The molecule has 0 radical (unpaired) electrons. The normalized spacial score (nSPS) is 13.4. The third-order valence-corrected chi connectivity index (χ3v) is 8.16. The fraction of sp³-hybridized carbons (Fsp3) is 0.586. The van der Waals surface area contributed by atoms with Crippen LogP contribution in [0.5, 0.6) is 11.5 Å². The number of rotatable bonds is 4. The standard InChI is InChI=1S/C29H44O2S2/c1-26(2,3)20-14-18(15-21(24(20)30)27(4,5)6)32-33-19-16-22(28(7,8)9)25(31-13)23(17-19)29(10,11)12/h14-17,30H,1-13H3. The fourth-order valence-electron chi connectivity index (χ4n) is 3.88. The summed E-state index contributed by atoms with van der Waals surface area (Å²) in [5.74, 6) is 1.43. The van der Waals surface area contributed by atoms with E-state index < -0.39 is 0 Å². The summed E-state index contributed by atoms with van der Waals surface area (Å²) < 4.78 is 5.92. The Morgan fingerprint density at radius 2 is 0.818 bits per heavy atom. The summed E-state index contributed by atoms with van der Waals surface area (Å²) in [7, 11) is 5.31. The van der Waals surface area contributed by atoms with Gasteiger partial charge in [0, 0.05) is 32.0 Å². The number of phenolic OH excluding ortho intramolecular Hbond substituents is 1. The number of hydrogen-bond acceptors (Lipinski definition) is 4. The molecule has 0 saturated heterocycles. The molecule has 0 aliphatic heterocycles. The lowest BCUT2D eigenvalue weighted by Crippen LogP contribution is -2.19. The predicted octanol–water partition coefficient (Wildman–Crippen LogP) is 9.39. The van der Waals surface area contributed by atoms with Crippen LogP contribution in [0.4, 0.5) is 0 Å². The molecule has 0 aromatic heterocycles. The molecule has 0 aliphatic carbocycles. The molecular weight excluding hydrogens is 444 g/mol. The highest BCUT2D eigenvalue weighted by molar-refractivity contribution is 8.76. The fourth-order valence-corrected chi connectivity index (χ4v) is 5.89. The van der Waals surface area contributed by atoms with Crippen molar-refractivity contribution in [2.45, 2.75) is 115 Å². The van der Waals surface area contributed by atoms with E-state index >= 15 is 0 Å². The maximum absolute atomic E-state index is 11.0. The zero-order valence-electron chi connectivity index (χ0n) is 23.0. The highest BCUT2D eigenvalue weighted by Crippen LogP contribution is 2.48. The molecule has 33 heavy (non-hydrogen) atoms. The molecule has 0 spiro atoms. The van der Waals surface area contributed by atoms with Gasteiger partial charge in [0.2, 0.25) is 0 Å². The van der Waals surface area contributed by atoms with Gasteiger partial charge >= 0.3 is 0 Å². The van der Waals surface area contributed by atoms with Crippen LogP contribution in [0.3, 0.4) is 0 Å². The molecule has 0 unspecified atom stereocenters. The molecule has 0 amide bonds. The Bertz CT molecular complexity index is 924. The predicted molar refractivity (Wildman–Crippen MR) is 148 cm³/mol. The minimum absolute atomic E-state index is 0.0239. The molecule has 0 saturated carbocycles. The summed E-state index contributed by atoms with van der Waals surface area (Å²) in [5.41, 5.74) is 4.15. The van der Waals surface area contributed by atoms with Crippen molar-refractivity contribution < 1.29 is 9.84 Å². The maximum Gasteiger partial charge on any atom is 0.126 e. The Kier molecular flexibility index (Phi) is 7.98. The lowest BCUT2D eigenvalue weighted by Gasteiger charge is -2.30. The van der Waals surface area contributed by atoms with Gasteiger partial charge in [0.25, 0.3) is 0 Å². The van der Waals surface area contributed by atoms with E-state index in [2.05, 4.69) is 107 Å². The van der Waals surface area contributed by atoms with Crippen molar-refractivity contribution in [1.29, 1.82) is 0 Å². The maximum atomic E-state index is 11.0. The van der Waals surface area contributed by atoms with Crippen molar-refractivity contribution in [1.82, 2.24) is 0 Å². The molecule has 2 nitrogen and oxygen atoms in total. The molecule has 0 fully saturated rings. The van der Waals surface area contributed by atoms with Crippen LogP contribution in [0.2, 0.25) is 0 Å². The average Bonchev–Trinajstić information content (AvgIpc) is 2.63. The smallest absolute Gasteiger partial charge is 0.126 e. The lowest BCUT2D eigenvalue weighted by atomic mass is 9.79. The zero-order valence-corrected chi connectivity index (χ0v) is 24.6. The summed E-state index contributed by atoms with van der Waals surface area (Å²) in [6, 6.07) is 8.87. The van der Waals surface area contributed by atoms with Gasteiger partial charge in [-0.25, -0.2) is 0 Å². The summed E-state index contributed by atoms with van der Waals surface area (Å²) in [6.45, 7) is 26.4. The van der Waals surface area contributed by atoms with Gasteiger partial charge in [0.1, 0.15) is 11.5 Å². The first kappa shape index (κ1) is 28.0. The molecule has 0 bridgehead atoms. The molecule has 0 aliphatic rings. The van der Waals surface area contributed by atoms with Crippen LogP contribution in [0.25, 0.3) is 0 Å². The monoisotopic (exact) mass is 488 g/mol. The number of ether oxygens (including phenoxy) is 1. The zero-order chi connectivity index (χ0) is 25.6. The summed E-state index contributed by atoms with van der Waals surface area (Å²) >= 11 is 0. The van der Waals surface area contributed by atoms with Crippen molar-refractivity contribution in [2.24, 2.45) is 0 Å². The average molecular weight is 489 g/mol. The molecule has 2 rings (SSSR count). The molecule has 0 heterocycles. The van der Waals surface area contributed by atoms with E-state index in [1.807, 2.05) is 0 Å². The number of hydrogen-bond donors (Lipinski definition) is 1. The Hall–Kier alpha value is -1.26. The summed E-state index contributed by atoms with van der Waals surface area (Å²) in [6.07, 6.45) is 0. The van der Waals surface area contributed by atoms with E-state index in [0.717, 1.165) is 21.8 Å². The SMILES string of the molecule is COc1c(C(C)(C)C)cc(SSc2cc(C(C)(C)C)c(O)c(C(C)(C)C)c2)cc1C(C)(C)C.